The standard InChI is InChI=1S/C18H16BrFN2O2/c1-10-2-5-13(8-16(10)19)22-18(24)15-9-14(15)17(23)21-12-6-3-11(20)4-7-12/h2-8,14-15H,9H2,1H3,(H,21,23)(H,22,24). The molecule has 1 saturated carbocycles. The molecule has 0 radical (unpaired) electrons. The average molecular weight is 391 g/mol. The molecule has 0 bridgehead atoms. The van der Waals surface area contributed by atoms with Crippen LogP contribution in [-0.4, -0.2) is 11.8 Å². The van der Waals surface area contributed by atoms with E-state index in [0.717, 1.165) is 10.0 Å². The number of anilines is 2. The van der Waals surface area contributed by atoms with Crippen molar-refractivity contribution in [2.24, 2.45) is 11.8 Å². The number of hydrogen-bond donors (Lipinski definition) is 2. The molecule has 2 amide bonds. The van der Waals surface area contributed by atoms with E-state index in [1.807, 2.05) is 25.1 Å². The summed E-state index contributed by atoms with van der Waals surface area (Å²) in [5.74, 6) is -1.41. The highest BCUT2D eigenvalue weighted by Gasteiger charge is 2.48. The van der Waals surface area contributed by atoms with Crippen molar-refractivity contribution in [1.82, 2.24) is 0 Å². The lowest BCUT2D eigenvalue weighted by atomic mass is 10.2. The van der Waals surface area contributed by atoms with Gasteiger partial charge in [-0.25, -0.2) is 4.39 Å². The molecule has 3 rings (SSSR count). The third-order valence-electron chi connectivity index (χ3n) is 4.02. The van der Waals surface area contributed by atoms with Gasteiger partial charge >= 0.3 is 0 Å². The molecule has 1 aliphatic rings. The normalized spacial score (nSPS) is 18.8. The molecule has 6 heteroatoms. The number of halogens is 2. The molecule has 0 aliphatic heterocycles. The maximum absolute atomic E-state index is 12.9. The molecule has 2 unspecified atom stereocenters. The van der Waals surface area contributed by atoms with Crippen molar-refractivity contribution in [3.05, 3.63) is 58.3 Å². The number of rotatable bonds is 4. The molecule has 2 N–H and O–H groups in total. The zero-order chi connectivity index (χ0) is 17.3. The van der Waals surface area contributed by atoms with Crippen LogP contribution in [0.5, 0.6) is 0 Å². The van der Waals surface area contributed by atoms with Crippen LogP contribution < -0.4 is 10.6 Å². The number of carbonyl (C=O) groups excluding carboxylic acids is 2. The molecule has 0 aromatic heterocycles. The molecule has 2 aromatic rings. The zero-order valence-corrected chi connectivity index (χ0v) is 14.6. The maximum atomic E-state index is 12.9. The van der Waals surface area contributed by atoms with Gasteiger partial charge in [0.05, 0.1) is 11.8 Å². The van der Waals surface area contributed by atoms with Crippen LogP contribution in [0.1, 0.15) is 12.0 Å². The van der Waals surface area contributed by atoms with Gasteiger partial charge in [0.15, 0.2) is 0 Å². The fourth-order valence-corrected chi connectivity index (χ4v) is 2.83. The van der Waals surface area contributed by atoms with Crippen molar-refractivity contribution in [3.8, 4) is 0 Å². The molecule has 1 aliphatic carbocycles. The quantitative estimate of drug-likeness (QED) is 0.824. The summed E-state index contributed by atoms with van der Waals surface area (Å²) in [6.45, 7) is 1.96. The summed E-state index contributed by atoms with van der Waals surface area (Å²) >= 11 is 3.42. The molecule has 2 atom stereocenters. The van der Waals surface area contributed by atoms with Crippen molar-refractivity contribution in [1.29, 1.82) is 0 Å². The van der Waals surface area contributed by atoms with Gasteiger partial charge in [0.2, 0.25) is 11.8 Å². The van der Waals surface area contributed by atoms with Crippen molar-refractivity contribution >= 4 is 39.1 Å². The molecule has 0 heterocycles. The van der Waals surface area contributed by atoms with Crippen LogP contribution in [-0.2, 0) is 9.59 Å². The van der Waals surface area contributed by atoms with Crippen LogP contribution in [0.2, 0.25) is 0 Å². The second-order valence-corrected chi connectivity index (χ2v) is 6.75. The Morgan fingerprint density at radius 3 is 2.12 bits per heavy atom. The van der Waals surface area contributed by atoms with Crippen LogP contribution in [0, 0.1) is 24.6 Å². The summed E-state index contributed by atoms with van der Waals surface area (Å²) < 4.78 is 13.8. The van der Waals surface area contributed by atoms with Crippen LogP contribution in [0.25, 0.3) is 0 Å². The van der Waals surface area contributed by atoms with E-state index in [1.54, 1.807) is 0 Å². The minimum Gasteiger partial charge on any atom is -0.326 e. The van der Waals surface area contributed by atoms with E-state index in [-0.39, 0.29) is 29.5 Å². The minimum absolute atomic E-state index is 0.162. The van der Waals surface area contributed by atoms with Gasteiger partial charge in [-0.2, -0.15) is 0 Å². The fraction of sp³-hybridized carbons (Fsp3) is 0.222. The Kier molecular flexibility index (Phi) is 4.66. The van der Waals surface area contributed by atoms with Gasteiger partial charge in [-0.3, -0.25) is 9.59 Å². The second kappa shape index (κ2) is 6.73. The second-order valence-electron chi connectivity index (χ2n) is 5.90. The molecular formula is C18H16BrFN2O2. The minimum atomic E-state index is -0.360. The first kappa shape index (κ1) is 16.6. The van der Waals surface area contributed by atoms with Crippen molar-refractivity contribution in [2.75, 3.05) is 10.6 Å². The number of hydrogen-bond acceptors (Lipinski definition) is 2. The van der Waals surface area contributed by atoms with Crippen molar-refractivity contribution in [3.63, 3.8) is 0 Å². The summed E-state index contributed by atoms with van der Waals surface area (Å²) in [4.78, 5) is 24.4. The van der Waals surface area contributed by atoms with E-state index in [1.165, 1.54) is 24.3 Å². The van der Waals surface area contributed by atoms with Gasteiger partial charge in [0, 0.05) is 15.8 Å². The van der Waals surface area contributed by atoms with E-state index in [4.69, 9.17) is 0 Å². The van der Waals surface area contributed by atoms with Gasteiger partial charge in [-0.05, 0) is 55.3 Å². The number of benzene rings is 2. The Labute approximate surface area is 147 Å². The first-order valence-electron chi connectivity index (χ1n) is 7.57. The molecule has 4 nitrogen and oxygen atoms in total. The van der Waals surface area contributed by atoms with E-state index in [0.29, 0.717) is 17.8 Å². The molecule has 24 heavy (non-hydrogen) atoms. The third kappa shape index (κ3) is 3.82. The monoisotopic (exact) mass is 390 g/mol. The Hall–Kier alpha value is -2.21. The molecule has 2 aromatic carbocycles. The smallest absolute Gasteiger partial charge is 0.228 e. The summed E-state index contributed by atoms with van der Waals surface area (Å²) in [5, 5.41) is 5.53. The van der Waals surface area contributed by atoms with Gasteiger partial charge < -0.3 is 10.6 Å². The van der Waals surface area contributed by atoms with E-state index in [9.17, 15) is 14.0 Å². The number of carbonyl (C=O) groups is 2. The highest BCUT2D eigenvalue weighted by molar-refractivity contribution is 9.10. The summed E-state index contributed by atoms with van der Waals surface area (Å²) in [5.41, 5.74) is 2.30. The summed E-state index contributed by atoms with van der Waals surface area (Å²) in [6.07, 6.45) is 0.520. The summed E-state index contributed by atoms with van der Waals surface area (Å²) in [7, 11) is 0. The number of aryl methyl sites for hydroxylation is 1. The van der Waals surface area contributed by atoms with E-state index >= 15 is 0 Å². The summed E-state index contributed by atoms with van der Waals surface area (Å²) in [6, 6.07) is 11.1. The zero-order valence-electron chi connectivity index (χ0n) is 13.0. The van der Waals surface area contributed by atoms with E-state index < -0.39 is 0 Å². The van der Waals surface area contributed by atoms with Crippen LogP contribution in [0.3, 0.4) is 0 Å². The fourth-order valence-electron chi connectivity index (χ4n) is 2.45. The Bertz CT molecular complexity index is 792. The first-order valence-corrected chi connectivity index (χ1v) is 8.37. The molecule has 0 saturated heterocycles. The average Bonchev–Trinajstić information content (AvgIpc) is 3.34. The van der Waals surface area contributed by atoms with Crippen LogP contribution in [0.15, 0.2) is 46.9 Å². The Morgan fingerprint density at radius 2 is 1.54 bits per heavy atom. The van der Waals surface area contributed by atoms with Gasteiger partial charge in [0.1, 0.15) is 5.82 Å². The lowest BCUT2D eigenvalue weighted by molar-refractivity contribution is -0.122. The molecule has 0 spiro atoms. The lowest BCUT2D eigenvalue weighted by Crippen LogP contribution is -2.20. The number of nitrogens with one attached hydrogen (secondary N) is 2. The largest absolute Gasteiger partial charge is 0.326 e. The highest BCUT2D eigenvalue weighted by Crippen LogP contribution is 2.40. The van der Waals surface area contributed by atoms with Crippen molar-refractivity contribution < 1.29 is 14.0 Å². The van der Waals surface area contributed by atoms with Gasteiger partial charge in [-0.1, -0.05) is 22.0 Å². The van der Waals surface area contributed by atoms with Gasteiger partial charge in [-0.15, -0.1) is 0 Å². The highest BCUT2D eigenvalue weighted by atomic mass is 79.9. The van der Waals surface area contributed by atoms with Crippen LogP contribution >= 0.6 is 15.9 Å². The molecular weight excluding hydrogens is 375 g/mol. The lowest BCUT2D eigenvalue weighted by Gasteiger charge is -2.07. The number of amides is 2. The van der Waals surface area contributed by atoms with Crippen molar-refractivity contribution in [2.45, 2.75) is 13.3 Å². The van der Waals surface area contributed by atoms with Gasteiger partial charge in [0.25, 0.3) is 0 Å². The predicted octanol–water partition coefficient (Wildman–Crippen LogP) is 4.11. The molecule has 1 fully saturated rings. The Morgan fingerprint density at radius 1 is 1.00 bits per heavy atom. The predicted molar refractivity (Wildman–Crippen MR) is 94.1 cm³/mol. The topological polar surface area (TPSA) is 58.2 Å². The Balaban J connectivity index is 1.55. The first-order chi connectivity index (χ1) is 11.4. The third-order valence-corrected chi connectivity index (χ3v) is 4.87. The van der Waals surface area contributed by atoms with E-state index in [2.05, 4.69) is 26.6 Å². The van der Waals surface area contributed by atoms with Crippen LogP contribution in [0.4, 0.5) is 15.8 Å². The maximum Gasteiger partial charge on any atom is 0.228 e. The molecule has 124 valence electrons. The SMILES string of the molecule is Cc1ccc(NC(=O)C2CC2C(=O)Nc2ccc(F)cc2)cc1Br.